The maximum Gasteiger partial charge on any atom is 0.433 e. The number of hydrogen-bond acceptors (Lipinski definition) is 6. The quantitative estimate of drug-likeness (QED) is 0.587. The molecule has 6 rings (SSSR count). The molecule has 172 valence electrons. The molecule has 3 aromatic rings. The van der Waals surface area contributed by atoms with Crippen LogP contribution in [-0.4, -0.2) is 69.3 Å². The first-order valence-electron chi connectivity index (χ1n) is 10.8. The summed E-state index contributed by atoms with van der Waals surface area (Å²) in [6, 6.07) is 7.41. The second-order valence-electron chi connectivity index (χ2n) is 8.48. The van der Waals surface area contributed by atoms with E-state index in [0.717, 1.165) is 32.0 Å². The number of amides is 1. The molecule has 0 N–H and O–H groups in total. The van der Waals surface area contributed by atoms with Crippen molar-refractivity contribution in [1.29, 1.82) is 0 Å². The van der Waals surface area contributed by atoms with Crippen LogP contribution in [0.1, 0.15) is 29.0 Å². The summed E-state index contributed by atoms with van der Waals surface area (Å²) in [5, 5.41) is 4.02. The zero-order valence-corrected chi connectivity index (χ0v) is 17.5. The van der Waals surface area contributed by atoms with Crippen molar-refractivity contribution in [2.24, 2.45) is 0 Å². The van der Waals surface area contributed by atoms with Crippen molar-refractivity contribution in [1.82, 2.24) is 24.4 Å². The smallest absolute Gasteiger partial charge is 0.433 e. The van der Waals surface area contributed by atoms with Gasteiger partial charge in [-0.3, -0.25) is 9.69 Å². The van der Waals surface area contributed by atoms with Gasteiger partial charge in [-0.2, -0.15) is 18.3 Å². The Morgan fingerprint density at radius 2 is 1.91 bits per heavy atom. The van der Waals surface area contributed by atoms with E-state index in [9.17, 15) is 18.0 Å². The van der Waals surface area contributed by atoms with Crippen molar-refractivity contribution in [3.05, 3.63) is 41.7 Å². The number of rotatable bonds is 2. The fourth-order valence-corrected chi connectivity index (χ4v) is 4.82. The number of ether oxygens (including phenoxy) is 2. The molecule has 2 aromatic heterocycles. The van der Waals surface area contributed by atoms with Crippen molar-refractivity contribution >= 4 is 11.6 Å². The molecule has 1 atom stereocenters. The average molecular weight is 459 g/mol. The zero-order valence-electron chi connectivity index (χ0n) is 17.5. The molecule has 0 bridgehead atoms. The van der Waals surface area contributed by atoms with Crippen LogP contribution in [0.4, 0.5) is 13.2 Å². The van der Waals surface area contributed by atoms with Crippen LogP contribution >= 0.6 is 0 Å². The highest BCUT2D eigenvalue weighted by atomic mass is 19.4. The summed E-state index contributed by atoms with van der Waals surface area (Å²) in [6.07, 6.45) is -2.57. The molecule has 0 spiro atoms. The van der Waals surface area contributed by atoms with E-state index in [0.29, 0.717) is 40.7 Å². The number of alkyl halides is 3. The second kappa shape index (κ2) is 7.34. The molecule has 2 saturated heterocycles. The Balaban J connectivity index is 1.39. The van der Waals surface area contributed by atoms with E-state index >= 15 is 0 Å². The van der Waals surface area contributed by atoms with Crippen LogP contribution in [0.2, 0.25) is 0 Å². The Morgan fingerprint density at radius 3 is 2.76 bits per heavy atom. The fourth-order valence-electron chi connectivity index (χ4n) is 4.82. The van der Waals surface area contributed by atoms with Crippen LogP contribution in [-0.2, 0) is 6.18 Å². The van der Waals surface area contributed by atoms with E-state index < -0.39 is 11.9 Å². The standard InChI is InChI=1S/C22H20F3N5O3/c23-22(24,25)19-9-15(13-3-4-17-18(8-13)33-12-32-17)26-20-10-16(27-30(19)20)21(31)29-7-6-28-5-1-2-14(28)11-29/h3-4,8-10,14H,1-2,5-7,11-12H2/t14-/m1/s1. The number of carbonyl (C=O) groups is 1. The SMILES string of the molecule is O=C(c1cc2nc(-c3ccc4c(c3)OCO4)cc(C(F)(F)F)n2n1)N1CCN2CCC[C@@H]2C1. The minimum atomic E-state index is -4.69. The van der Waals surface area contributed by atoms with E-state index in [1.54, 1.807) is 23.1 Å². The Morgan fingerprint density at radius 1 is 1.06 bits per heavy atom. The summed E-state index contributed by atoms with van der Waals surface area (Å²) >= 11 is 0. The summed E-state index contributed by atoms with van der Waals surface area (Å²) in [5.74, 6) is 0.596. The molecule has 11 heteroatoms. The number of piperazine rings is 1. The van der Waals surface area contributed by atoms with Crippen molar-refractivity contribution in [2.75, 3.05) is 33.0 Å². The number of aromatic nitrogens is 3. The third-order valence-electron chi connectivity index (χ3n) is 6.48. The van der Waals surface area contributed by atoms with Crippen molar-refractivity contribution in [3.63, 3.8) is 0 Å². The highest BCUT2D eigenvalue weighted by molar-refractivity contribution is 5.93. The molecule has 0 unspecified atom stereocenters. The Bertz CT molecular complexity index is 1260. The number of benzene rings is 1. The molecule has 5 heterocycles. The van der Waals surface area contributed by atoms with Crippen LogP contribution in [0, 0.1) is 0 Å². The number of nitrogens with zero attached hydrogens (tertiary/aromatic N) is 5. The van der Waals surface area contributed by atoms with Crippen LogP contribution in [0.15, 0.2) is 30.3 Å². The first-order chi connectivity index (χ1) is 15.9. The number of hydrogen-bond donors (Lipinski definition) is 0. The first-order valence-corrected chi connectivity index (χ1v) is 10.8. The number of carbonyl (C=O) groups excluding carboxylic acids is 1. The fraction of sp³-hybridized carbons (Fsp3) is 0.409. The monoisotopic (exact) mass is 459 g/mol. The molecule has 3 aliphatic heterocycles. The number of fused-ring (bicyclic) bond motifs is 3. The molecule has 2 fully saturated rings. The summed E-state index contributed by atoms with van der Waals surface area (Å²) < 4.78 is 53.0. The van der Waals surface area contributed by atoms with Gasteiger partial charge in [-0.25, -0.2) is 9.50 Å². The Kier molecular flexibility index (Phi) is 4.51. The lowest BCUT2D eigenvalue weighted by molar-refractivity contribution is -0.142. The minimum Gasteiger partial charge on any atom is -0.454 e. The highest BCUT2D eigenvalue weighted by Crippen LogP contribution is 2.37. The topological polar surface area (TPSA) is 72.2 Å². The van der Waals surface area contributed by atoms with Gasteiger partial charge < -0.3 is 14.4 Å². The van der Waals surface area contributed by atoms with Crippen LogP contribution < -0.4 is 9.47 Å². The molecule has 1 amide bonds. The summed E-state index contributed by atoms with van der Waals surface area (Å²) in [6.45, 7) is 2.95. The first kappa shape index (κ1) is 20.3. The van der Waals surface area contributed by atoms with Gasteiger partial charge in [-0.05, 0) is 43.7 Å². The predicted molar refractivity (Wildman–Crippen MR) is 110 cm³/mol. The van der Waals surface area contributed by atoms with Gasteiger partial charge in [0, 0.05) is 37.3 Å². The predicted octanol–water partition coefficient (Wildman–Crippen LogP) is 3.06. The van der Waals surface area contributed by atoms with Crippen LogP contribution in [0.3, 0.4) is 0 Å². The van der Waals surface area contributed by atoms with Crippen LogP contribution in [0.25, 0.3) is 16.9 Å². The van der Waals surface area contributed by atoms with E-state index in [2.05, 4.69) is 15.0 Å². The Hall–Kier alpha value is -3.34. The molecular weight excluding hydrogens is 439 g/mol. The normalized spacial score (nSPS) is 20.5. The van der Waals surface area contributed by atoms with Gasteiger partial charge in [0.25, 0.3) is 5.91 Å². The van der Waals surface area contributed by atoms with Gasteiger partial charge in [0.15, 0.2) is 28.5 Å². The van der Waals surface area contributed by atoms with Gasteiger partial charge in [-0.1, -0.05) is 0 Å². The third kappa shape index (κ3) is 3.47. The summed E-state index contributed by atoms with van der Waals surface area (Å²) in [7, 11) is 0. The summed E-state index contributed by atoms with van der Waals surface area (Å²) in [5.41, 5.74) is -0.535. The lowest BCUT2D eigenvalue weighted by Crippen LogP contribution is -2.52. The molecule has 3 aliphatic rings. The van der Waals surface area contributed by atoms with E-state index in [1.165, 1.54) is 6.07 Å². The summed E-state index contributed by atoms with van der Waals surface area (Å²) in [4.78, 5) is 21.5. The van der Waals surface area contributed by atoms with E-state index in [1.807, 2.05) is 0 Å². The van der Waals surface area contributed by atoms with Crippen molar-refractivity contribution < 1.29 is 27.4 Å². The molecule has 1 aromatic carbocycles. The maximum absolute atomic E-state index is 13.9. The molecular formula is C22H20F3N5O3. The van der Waals surface area contributed by atoms with E-state index in [-0.39, 0.29) is 29.7 Å². The minimum absolute atomic E-state index is 0.0396. The Labute approximate surface area is 186 Å². The largest absolute Gasteiger partial charge is 0.454 e. The van der Waals surface area contributed by atoms with E-state index in [4.69, 9.17) is 9.47 Å². The lowest BCUT2D eigenvalue weighted by Gasteiger charge is -2.37. The van der Waals surface area contributed by atoms with Gasteiger partial charge >= 0.3 is 6.18 Å². The lowest BCUT2D eigenvalue weighted by atomic mass is 10.1. The third-order valence-corrected chi connectivity index (χ3v) is 6.48. The van der Waals surface area contributed by atoms with Gasteiger partial charge in [0.1, 0.15) is 0 Å². The molecule has 0 saturated carbocycles. The molecule has 0 aliphatic carbocycles. The van der Waals surface area contributed by atoms with Gasteiger partial charge in [0.2, 0.25) is 6.79 Å². The molecule has 33 heavy (non-hydrogen) atoms. The van der Waals surface area contributed by atoms with Gasteiger partial charge in [0.05, 0.1) is 5.69 Å². The van der Waals surface area contributed by atoms with Crippen molar-refractivity contribution in [2.45, 2.75) is 25.1 Å². The second-order valence-corrected chi connectivity index (χ2v) is 8.48. The number of halogens is 3. The molecule has 0 radical (unpaired) electrons. The van der Waals surface area contributed by atoms with Crippen molar-refractivity contribution in [3.8, 4) is 22.8 Å². The average Bonchev–Trinajstić information content (AvgIpc) is 3.54. The molecule has 8 nitrogen and oxygen atoms in total. The highest BCUT2D eigenvalue weighted by Gasteiger charge is 2.37. The van der Waals surface area contributed by atoms with Gasteiger partial charge in [-0.15, -0.1) is 0 Å². The zero-order chi connectivity index (χ0) is 22.7. The maximum atomic E-state index is 13.9. The van der Waals surface area contributed by atoms with Crippen LogP contribution in [0.5, 0.6) is 11.5 Å².